The third-order valence-corrected chi connectivity index (χ3v) is 4.13. The second kappa shape index (κ2) is 7.47. The first kappa shape index (κ1) is 18.4. The number of carbonyl (C=O) groups is 2. The van der Waals surface area contributed by atoms with Crippen LogP contribution in [0.25, 0.3) is 0 Å². The Hall–Kier alpha value is -3.38. The molecule has 0 saturated heterocycles. The van der Waals surface area contributed by atoms with Gasteiger partial charge in [0.1, 0.15) is 11.6 Å². The third-order valence-electron chi connectivity index (χ3n) is 3.84. The normalized spacial score (nSPS) is 10.4. The largest absolute Gasteiger partial charge is 0.508 e. The van der Waals surface area contributed by atoms with Gasteiger partial charge in [0.05, 0.1) is 16.3 Å². The molecule has 0 spiro atoms. The van der Waals surface area contributed by atoms with Crippen LogP contribution in [0.3, 0.4) is 0 Å². The Morgan fingerprint density at radius 3 is 2.19 bits per heavy atom. The fourth-order valence-electron chi connectivity index (χ4n) is 2.57. The number of hydrogen-bond acceptors (Lipinski definition) is 3. The van der Waals surface area contributed by atoms with Gasteiger partial charge in [-0.1, -0.05) is 29.8 Å². The number of halogens is 2. The van der Waals surface area contributed by atoms with E-state index in [0.29, 0.717) is 5.56 Å². The molecule has 0 bridgehead atoms. The van der Waals surface area contributed by atoms with Crippen molar-refractivity contribution in [3.8, 4) is 5.75 Å². The van der Waals surface area contributed by atoms with Gasteiger partial charge in [-0.25, -0.2) is 9.18 Å². The number of phenolic OH excluding ortho intramolecular Hbond substituents is 1. The Bertz CT molecular complexity index is 1010. The van der Waals surface area contributed by atoms with Crippen molar-refractivity contribution in [2.24, 2.45) is 0 Å². The predicted molar refractivity (Wildman–Crippen MR) is 99.4 cm³/mol. The number of carbonyl (C=O) groups excluding carboxylic acids is 1. The lowest BCUT2D eigenvalue weighted by Gasteiger charge is -2.25. The molecule has 0 fully saturated rings. The summed E-state index contributed by atoms with van der Waals surface area (Å²) in [6.07, 6.45) is 0. The van der Waals surface area contributed by atoms with Gasteiger partial charge in [0.25, 0.3) is 5.91 Å². The van der Waals surface area contributed by atoms with E-state index in [0.717, 1.165) is 17.0 Å². The van der Waals surface area contributed by atoms with Crippen molar-refractivity contribution in [2.75, 3.05) is 4.90 Å². The third kappa shape index (κ3) is 3.75. The van der Waals surface area contributed by atoms with Gasteiger partial charge >= 0.3 is 5.97 Å². The average Bonchev–Trinajstić information content (AvgIpc) is 2.66. The fourth-order valence-corrected chi connectivity index (χ4v) is 2.73. The van der Waals surface area contributed by atoms with E-state index < -0.39 is 23.3 Å². The molecule has 1 amide bonds. The molecule has 0 aliphatic carbocycles. The van der Waals surface area contributed by atoms with E-state index in [9.17, 15) is 24.2 Å². The summed E-state index contributed by atoms with van der Waals surface area (Å²) >= 11 is 5.85. The van der Waals surface area contributed by atoms with Crippen LogP contribution >= 0.6 is 11.6 Å². The van der Waals surface area contributed by atoms with Crippen LogP contribution in [0.4, 0.5) is 15.8 Å². The van der Waals surface area contributed by atoms with Crippen LogP contribution < -0.4 is 4.90 Å². The zero-order chi connectivity index (χ0) is 19.6. The number of rotatable bonds is 4. The maximum atomic E-state index is 13.8. The SMILES string of the molecule is O=C(O)c1cc(F)c(Cl)cc1N(C(=O)c1ccccc1)c1ccc(O)cc1. The van der Waals surface area contributed by atoms with Crippen molar-refractivity contribution in [3.05, 3.63) is 88.7 Å². The number of hydrogen-bond donors (Lipinski definition) is 2. The number of benzene rings is 3. The van der Waals surface area contributed by atoms with Gasteiger partial charge in [-0.05, 0) is 48.5 Å². The number of anilines is 2. The van der Waals surface area contributed by atoms with Gasteiger partial charge in [-0.2, -0.15) is 0 Å². The van der Waals surface area contributed by atoms with Gasteiger partial charge in [-0.3, -0.25) is 9.69 Å². The van der Waals surface area contributed by atoms with Gasteiger partial charge in [0, 0.05) is 11.3 Å². The van der Waals surface area contributed by atoms with Crippen LogP contribution in [0.2, 0.25) is 5.02 Å². The second-order valence-electron chi connectivity index (χ2n) is 5.61. The topological polar surface area (TPSA) is 77.8 Å². The smallest absolute Gasteiger partial charge is 0.337 e. The summed E-state index contributed by atoms with van der Waals surface area (Å²) < 4.78 is 13.8. The number of phenols is 1. The molecule has 3 aromatic carbocycles. The van der Waals surface area contributed by atoms with E-state index in [-0.39, 0.29) is 22.1 Å². The van der Waals surface area contributed by atoms with E-state index in [1.165, 1.54) is 24.3 Å². The van der Waals surface area contributed by atoms with Crippen LogP contribution in [0.5, 0.6) is 5.75 Å². The fraction of sp³-hybridized carbons (Fsp3) is 0. The highest BCUT2D eigenvalue weighted by Gasteiger charge is 2.26. The molecule has 136 valence electrons. The Balaban J connectivity index is 2.25. The number of carboxylic acids is 1. The lowest BCUT2D eigenvalue weighted by Crippen LogP contribution is -2.27. The molecule has 5 nitrogen and oxygen atoms in total. The quantitative estimate of drug-likeness (QED) is 0.672. The molecule has 0 atom stereocenters. The number of aromatic carboxylic acids is 1. The Labute approximate surface area is 158 Å². The Morgan fingerprint density at radius 1 is 0.963 bits per heavy atom. The lowest BCUT2D eigenvalue weighted by atomic mass is 10.1. The summed E-state index contributed by atoms with van der Waals surface area (Å²) in [6, 6.07) is 15.7. The van der Waals surface area contributed by atoms with E-state index in [1.54, 1.807) is 30.3 Å². The molecule has 7 heteroatoms. The number of amides is 1. The minimum absolute atomic E-state index is 0.0264. The first-order chi connectivity index (χ1) is 12.9. The van der Waals surface area contributed by atoms with Gasteiger partial charge in [0.15, 0.2) is 0 Å². The molecule has 0 aliphatic heterocycles. The van der Waals surface area contributed by atoms with Crippen molar-refractivity contribution < 1.29 is 24.2 Å². The lowest BCUT2D eigenvalue weighted by molar-refractivity contribution is 0.0697. The summed E-state index contributed by atoms with van der Waals surface area (Å²) in [5.41, 5.74) is 0.0666. The van der Waals surface area contributed by atoms with Crippen LogP contribution in [0.15, 0.2) is 66.7 Å². The standard InChI is InChI=1S/C20H13ClFNO4/c21-16-11-18(15(20(26)27)10-17(16)22)23(13-6-8-14(24)9-7-13)19(25)12-4-2-1-3-5-12/h1-11,24H,(H,26,27). The van der Waals surface area contributed by atoms with Crippen molar-refractivity contribution in [2.45, 2.75) is 0 Å². The predicted octanol–water partition coefficient (Wildman–Crippen LogP) is 4.86. The average molecular weight is 386 g/mol. The monoisotopic (exact) mass is 385 g/mol. The Kier molecular flexibility index (Phi) is 5.09. The summed E-state index contributed by atoms with van der Waals surface area (Å²) in [6.45, 7) is 0. The van der Waals surface area contributed by atoms with Crippen molar-refractivity contribution in [3.63, 3.8) is 0 Å². The number of nitrogens with zero attached hydrogens (tertiary/aromatic N) is 1. The second-order valence-corrected chi connectivity index (χ2v) is 6.02. The zero-order valence-electron chi connectivity index (χ0n) is 13.8. The minimum atomic E-state index is -1.41. The molecular weight excluding hydrogens is 373 g/mol. The van der Waals surface area contributed by atoms with Crippen molar-refractivity contribution in [1.82, 2.24) is 0 Å². The Morgan fingerprint density at radius 2 is 1.59 bits per heavy atom. The van der Waals surface area contributed by atoms with Gasteiger partial charge in [-0.15, -0.1) is 0 Å². The molecule has 0 aromatic heterocycles. The highest BCUT2D eigenvalue weighted by atomic mass is 35.5. The molecule has 3 rings (SSSR count). The molecule has 27 heavy (non-hydrogen) atoms. The van der Waals surface area contributed by atoms with Gasteiger partial charge in [0.2, 0.25) is 0 Å². The first-order valence-corrected chi connectivity index (χ1v) is 8.17. The van der Waals surface area contributed by atoms with Gasteiger partial charge < -0.3 is 10.2 Å². The molecule has 3 aromatic rings. The number of aromatic hydroxyl groups is 1. The zero-order valence-corrected chi connectivity index (χ0v) is 14.5. The van der Waals surface area contributed by atoms with Crippen LogP contribution in [-0.2, 0) is 0 Å². The van der Waals surface area contributed by atoms with E-state index in [2.05, 4.69) is 0 Å². The molecule has 2 N–H and O–H groups in total. The molecule has 0 radical (unpaired) electrons. The van der Waals surface area contributed by atoms with Crippen molar-refractivity contribution in [1.29, 1.82) is 0 Å². The van der Waals surface area contributed by atoms with Crippen LogP contribution in [-0.4, -0.2) is 22.1 Å². The molecule has 0 aliphatic rings. The van der Waals surface area contributed by atoms with Crippen molar-refractivity contribution >= 4 is 34.9 Å². The minimum Gasteiger partial charge on any atom is -0.508 e. The van der Waals surface area contributed by atoms with E-state index in [4.69, 9.17) is 11.6 Å². The van der Waals surface area contributed by atoms with E-state index >= 15 is 0 Å². The highest BCUT2D eigenvalue weighted by molar-refractivity contribution is 6.31. The summed E-state index contributed by atoms with van der Waals surface area (Å²) in [4.78, 5) is 25.9. The van der Waals surface area contributed by atoms with Crippen LogP contribution in [0.1, 0.15) is 20.7 Å². The molecular formula is C20H13ClFNO4. The number of carboxylic acid groups (broad SMARTS) is 1. The maximum Gasteiger partial charge on any atom is 0.337 e. The summed E-state index contributed by atoms with van der Waals surface area (Å²) in [7, 11) is 0. The van der Waals surface area contributed by atoms with E-state index in [1.807, 2.05) is 0 Å². The first-order valence-electron chi connectivity index (χ1n) is 7.79. The molecule has 0 unspecified atom stereocenters. The maximum absolute atomic E-state index is 13.8. The molecule has 0 saturated carbocycles. The molecule has 0 heterocycles. The summed E-state index contributed by atoms with van der Waals surface area (Å²) in [5.74, 6) is -2.88. The van der Waals surface area contributed by atoms with Crippen LogP contribution in [0, 0.1) is 5.82 Å². The highest BCUT2D eigenvalue weighted by Crippen LogP contribution is 2.34. The summed E-state index contributed by atoms with van der Waals surface area (Å²) in [5, 5.41) is 18.7.